The number of hydrogen-bond acceptors (Lipinski definition) is 7. The number of amides is 1. The zero-order chi connectivity index (χ0) is 19.0. The first kappa shape index (κ1) is 19.3. The van der Waals surface area contributed by atoms with Crippen molar-refractivity contribution in [2.45, 2.75) is 23.5 Å². The summed E-state index contributed by atoms with van der Waals surface area (Å²) in [6.07, 6.45) is 3.19. The number of carbonyl (C=O) groups excluding carboxylic acids is 1. The maximum absolute atomic E-state index is 12.6. The average Bonchev–Trinajstić information content (AvgIpc) is 3.31. The SMILES string of the molecule is O=C(CN1CCN(S(=O)(=O)c2ccc(Cl)s2)CC1)Nc1nc2c(s1)CCC2. The summed E-state index contributed by atoms with van der Waals surface area (Å²) in [5.74, 6) is -0.108. The van der Waals surface area contributed by atoms with E-state index in [0.717, 1.165) is 36.3 Å². The molecule has 1 aliphatic carbocycles. The van der Waals surface area contributed by atoms with Gasteiger partial charge in [0.2, 0.25) is 5.91 Å². The van der Waals surface area contributed by atoms with Crippen molar-refractivity contribution < 1.29 is 13.2 Å². The first-order chi connectivity index (χ1) is 12.9. The molecule has 0 radical (unpaired) electrons. The molecule has 0 atom stereocenters. The number of aryl methyl sites for hydroxylation is 2. The van der Waals surface area contributed by atoms with E-state index in [1.54, 1.807) is 17.4 Å². The van der Waals surface area contributed by atoms with E-state index in [4.69, 9.17) is 11.6 Å². The molecule has 1 saturated heterocycles. The summed E-state index contributed by atoms with van der Waals surface area (Å²) in [4.78, 5) is 20.0. The summed E-state index contributed by atoms with van der Waals surface area (Å²) >= 11 is 8.48. The Morgan fingerprint density at radius 1 is 1.19 bits per heavy atom. The Kier molecular flexibility index (Phi) is 5.55. The van der Waals surface area contributed by atoms with E-state index < -0.39 is 10.0 Å². The normalized spacial score (nSPS) is 18.6. The minimum absolute atomic E-state index is 0.108. The van der Waals surface area contributed by atoms with Crippen molar-refractivity contribution in [1.29, 1.82) is 0 Å². The van der Waals surface area contributed by atoms with E-state index in [1.807, 2.05) is 4.90 Å². The lowest BCUT2D eigenvalue weighted by Crippen LogP contribution is -2.50. The van der Waals surface area contributed by atoms with Gasteiger partial charge in [0.25, 0.3) is 10.0 Å². The number of anilines is 1. The first-order valence-electron chi connectivity index (χ1n) is 8.68. The van der Waals surface area contributed by atoms with Crippen LogP contribution in [0.15, 0.2) is 16.3 Å². The number of thiazole rings is 1. The Hall–Kier alpha value is -1.04. The Morgan fingerprint density at radius 2 is 1.96 bits per heavy atom. The first-order valence-corrected chi connectivity index (χ1v) is 12.1. The number of carbonyl (C=O) groups is 1. The third-order valence-electron chi connectivity index (χ3n) is 4.68. The van der Waals surface area contributed by atoms with Crippen LogP contribution >= 0.6 is 34.3 Å². The zero-order valence-corrected chi connectivity index (χ0v) is 17.7. The summed E-state index contributed by atoms with van der Waals surface area (Å²) in [7, 11) is -3.51. The van der Waals surface area contributed by atoms with Gasteiger partial charge in [-0.2, -0.15) is 4.31 Å². The molecule has 0 saturated carbocycles. The molecule has 11 heteroatoms. The van der Waals surface area contributed by atoms with Crippen LogP contribution in [-0.2, 0) is 27.7 Å². The van der Waals surface area contributed by atoms with Gasteiger partial charge in [-0.1, -0.05) is 11.6 Å². The fourth-order valence-electron chi connectivity index (χ4n) is 3.30. The van der Waals surface area contributed by atoms with Gasteiger partial charge in [0, 0.05) is 31.1 Å². The van der Waals surface area contributed by atoms with Gasteiger partial charge in [-0.3, -0.25) is 9.69 Å². The third kappa shape index (κ3) is 4.20. The fraction of sp³-hybridized carbons (Fsp3) is 0.500. The molecule has 1 fully saturated rings. The van der Waals surface area contributed by atoms with Gasteiger partial charge in [-0.15, -0.1) is 22.7 Å². The van der Waals surface area contributed by atoms with E-state index in [0.29, 0.717) is 35.6 Å². The molecule has 1 N–H and O–H groups in total. The molecule has 2 aromatic heterocycles. The van der Waals surface area contributed by atoms with Crippen molar-refractivity contribution in [3.8, 4) is 0 Å². The van der Waals surface area contributed by atoms with Crippen LogP contribution in [0.3, 0.4) is 0 Å². The molecule has 4 rings (SSSR count). The summed E-state index contributed by atoms with van der Waals surface area (Å²) in [6.45, 7) is 1.98. The number of sulfonamides is 1. The smallest absolute Gasteiger partial charge is 0.252 e. The molecule has 27 heavy (non-hydrogen) atoms. The number of thiophene rings is 1. The highest BCUT2D eigenvalue weighted by Crippen LogP contribution is 2.30. The number of piperazine rings is 1. The predicted octanol–water partition coefficient (Wildman–Crippen LogP) is 2.29. The maximum Gasteiger partial charge on any atom is 0.252 e. The van der Waals surface area contributed by atoms with Crippen LogP contribution in [0.25, 0.3) is 0 Å². The number of fused-ring (bicyclic) bond motifs is 1. The third-order valence-corrected chi connectivity index (χ3v) is 9.35. The standard InChI is InChI=1S/C16H19ClN4O3S3/c17-13-4-5-15(26-13)27(23,24)21-8-6-20(7-9-21)10-14(22)19-16-18-11-2-1-3-12(11)25-16/h4-5H,1-3,6-10H2,(H,18,19,22). The molecule has 7 nitrogen and oxygen atoms in total. The maximum atomic E-state index is 12.6. The molecular formula is C16H19ClN4O3S3. The van der Waals surface area contributed by atoms with Crippen LogP contribution in [-0.4, -0.2) is 61.2 Å². The molecule has 1 amide bonds. The summed E-state index contributed by atoms with van der Waals surface area (Å²) in [6, 6.07) is 3.13. The predicted molar refractivity (Wildman–Crippen MR) is 107 cm³/mol. The average molecular weight is 447 g/mol. The van der Waals surface area contributed by atoms with Crippen molar-refractivity contribution in [2.24, 2.45) is 0 Å². The quantitative estimate of drug-likeness (QED) is 0.761. The Bertz CT molecular complexity index is 927. The summed E-state index contributed by atoms with van der Waals surface area (Å²) < 4.78 is 27.4. The van der Waals surface area contributed by atoms with Crippen molar-refractivity contribution in [2.75, 3.05) is 38.0 Å². The largest absolute Gasteiger partial charge is 0.301 e. The lowest BCUT2D eigenvalue weighted by Gasteiger charge is -2.33. The molecule has 2 aliphatic rings. The number of hydrogen-bond donors (Lipinski definition) is 1. The van der Waals surface area contributed by atoms with Crippen LogP contribution in [0, 0.1) is 0 Å². The number of nitrogens with one attached hydrogen (secondary N) is 1. The van der Waals surface area contributed by atoms with E-state index in [9.17, 15) is 13.2 Å². The molecule has 3 heterocycles. The highest BCUT2D eigenvalue weighted by Gasteiger charge is 2.30. The molecule has 146 valence electrons. The Balaban J connectivity index is 1.29. The fourth-order valence-corrected chi connectivity index (χ4v) is 7.42. The molecule has 0 bridgehead atoms. The van der Waals surface area contributed by atoms with Gasteiger partial charge >= 0.3 is 0 Å². The second-order valence-electron chi connectivity index (χ2n) is 6.53. The van der Waals surface area contributed by atoms with Crippen molar-refractivity contribution in [3.63, 3.8) is 0 Å². The summed E-state index contributed by atoms with van der Waals surface area (Å²) in [5, 5.41) is 3.54. The van der Waals surface area contributed by atoms with Crippen LogP contribution < -0.4 is 5.32 Å². The molecule has 1 aliphatic heterocycles. The minimum Gasteiger partial charge on any atom is -0.301 e. The summed E-state index contributed by atoms with van der Waals surface area (Å²) in [5.41, 5.74) is 1.11. The van der Waals surface area contributed by atoms with Gasteiger partial charge in [0.05, 0.1) is 16.6 Å². The van der Waals surface area contributed by atoms with Gasteiger partial charge in [0.1, 0.15) is 4.21 Å². The van der Waals surface area contributed by atoms with Gasteiger partial charge < -0.3 is 5.32 Å². The van der Waals surface area contributed by atoms with E-state index in [1.165, 1.54) is 15.2 Å². The highest BCUT2D eigenvalue weighted by atomic mass is 35.5. The van der Waals surface area contributed by atoms with Crippen LogP contribution in [0.5, 0.6) is 0 Å². The number of halogens is 1. The van der Waals surface area contributed by atoms with Crippen LogP contribution in [0.4, 0.5) is 5.13 Å². The molecule has 0 unspecified atom stereocenters. The van der Waals surface area contributed by atoms with Crippen molar-refractivity contribution in [1.82, 2.24) is 14.2 Å². The topological polar surface area (TPSA) is 82.6 Å². The molecular weight excluding hydrogens is 428 g/mol. The van der Waals surface area contributed by atoms with Gasteiger partial charge in [-0.25, -0.2) is 13.4 Å². The Labute approximate surface area is 171 Å². The lowest BCUT2D eigenvalue weighted by molar-refractivity contribution is -0.117. The zero-order valence-electron chi connectivity index (χ0n) is 14.5. The van der Waals surface area contributed by atoms with E-state index >= 15 is 0 Å². The van der Waals surface area contributed by atoms with E-state index in [-0.39, 0.29) is 16.7 Å². The number of nitrogens with zero attached hydrogens (tertiary/aromatic N) is 3. The molecule has 0 spiro atoms. The second kappa shape index (κ2) is 7.76. The molecule has 0 aromatic carbocycles. The van der Waals surface area contributed by atoms with Gasteiger partial charge in [-0.05, 0) is 31.4 Å². The van der Waals surface area contributed by atoms with Crippen LogP contribution in [0.1, 0.15) is 17.0 Å². The monoisotopic (exact) mass is 446 g/mol. The Morgan fingerprint density at radius 3 is 2.63 bits per heavy atom. The van der Waals surface area contributed by atoms with E-state index in [2.05, 4.69) is 10.3 Å². The number of aromatic nitrogens is 1. The van der Waals surface area contributed by atoms with Gasteiger partial charge in [0.15, 0.2) is 5.13 Å². The van der Waals surface area contributed by atoms with Crippen molar-refractivity contribution >= 4 is 55.3 Å². The second-order valence-corrected chi connectivity index (χ2v) is 11.5. The lowest BCUT2D eigenvalue weighted by atomic mass is 10.3. The minimum atomic E-state index is -3.51. The number of rotatable bonds is 5. The highest BCUT2D eigenvalue weighted by molar-refractivity contribution is 7.91. The van der Waals surface area contributed by atoms with Crippen molar-refractivity contribution in [3.05, 3.63) is 27.0 Å². The molecule has 2 aromatic rings. The van der Waals surface area contributed by atoms with Crippen LogP contribution in [0.2, 0.25) is 4.34 Å².